The van der Waals surface area contributed by atoms with Crippen LogP contribution in [0.5, 0.6) is 0 Å². The van der Waals surface area contributed by atoms with Crippen molar-refractivity contribution in [3.8, 4) is 0 Å². The predicted molar refractivity (Wildman–Crippen MR) is 81.4 cm³/mol. The van der Waals surface area contributed by atoms with Crippen LogP contribution < -0.4 is 5.73 Å². The van der Waals surface area contributed by atoms with E-state index in [4.69, 9.17) is 45.3 Å². The summed E-state index contributed by atoms with van der Waals surface area (Å²) in [5, 5.41) is 1.22. The number of anilines is 1. The second-order valence-corrected chi connectivity index (χ2v) is 5.27. The molecular formula is C14H10Cl3NO2. The highest BCUT2D eigenvalue weighted by Crippen LogP contribution is 2.25. The Labute approximate surface area is 131 Å². The van der Waals surface area contributed by atoms with E-state index in [1.807, 2.05) is 0 Å². The smallest absolute Gasteiger partial charge is 0.342 e. The van der Waals surface area contributed by atoms with E-state index in [0.717, 1.165) is 0 Å². The maximum absolute atomic E-state index is 12.0. The van der Waals surface area contributed by atoms with Crippen LogP contribution in [0.25, 0.3) is 0 Å². The lowest BCUT2D eigenvalue weighted by atomic mass is 10.2. The van der Waals surface area contributed by atoms with Gasteiger partial charge in [-0.25, -0.2) is 4.79 Å². The van der Waals surface area contributed by atoms with Crippen LogP contribution in [-0.2, 0) is 11.3 Å². The highest BCUT2D eigenvalue weighted by molar-refractivity contribution is 6.34. The first-order chi connectivity index (χ1) is 9.49. The number of halogens is 3. The van der Waals surface area contributed by atoms with Gasteiger partial charge in [-0.3, -0.25) is 0 Å². The number of hydrogen-bond donors (Lipinski definition) is 1. The molecule has 0 aliphatic rings. The molecule has 0 aliphatic carbocycles. The molecule has 2 aromatic carbocycles. The maximum atomic E-state index is 12.0. The summed E-state index contributed by atoms with van der Waals surface area (Å²) in [6, 6.07) is 9.73. The van der Waals surface area contributed by atoms with Crippen molar-refractivity contribution in [2.75, 3.05) is 5.73 Å². The fourth-order valence-electron chi connectivity index (χ4n) is 1.63. The van der Waals surface area contributed by atoms with Gasteiger partial charge in [0.1, 0.15) is 12.2 Å². The molecular weight excluding hydrogens is 321 g/mol. The highest BCUT2D eigenvalue weighted by Gasteiger charge is 2.16. The number of benzene rings is 2. The number of esters is 1. The maximum Gasteiger partial charge on any atom is 0.342 e. The molecule has 0 radical (unpaired) electrons. The van der Waals surface area contributed by atoms with Crippen molar-refractivity contribution in [2.45, 2.75) is 6.61 Å². The Morgan fingerprint density at radius 1 is 1.10 bits per heavy atom. The minimum atomic E-state index is -0.607. The lowest BCUT2D eigenvalue weighted by Crippen LogP contribution is -2.09. The third kappa shape index (κ3) is 3.37. The van der Waals surface area contributed by atoms with Crippen molar-refractivity contribution >= 4 is 46.5 Å². The van der Waals surface area contributed by atoms with Gasteiger partial charge in [-0.1, -0.05) is 40.9 Å². The van der Waals surface area contributed by atoms with Gasteiger partial charge >= 0.3 is 5.97 Å². The van der Waals surface area contributed by atoms with Crippen molar-refractivity contribution in [3.63, 3.8) is 0 Å². The normalized spacial score (nSPS) is 10.3. The zero-order valence-corrected chi connectivity index (χ0v) is 12.5. The Morgan fingerprint density at radius 3 is 2.55 bits per heavy atom. The molecule has 0 atom stereocenters. The third-order valence-corrected chi connectivity index (χ3v) is 3.54. The molecule has 0 saturated heterocycles. The van der Waals surface area contributed by atoms with Crippen LogP contribution in [0.1, 0.15) is 15.9 Å². The molecule has 2 rings (SSSR count). The summed E-state index contributed by atoms with van der Waals surface area (Å²) < 4.78 is 5.17. The molecule has 2 N–H and O–H groups in total. The first-order valence-corrected chi connectivity index (χ1v) is 6.77. The summed E-state index contributed by atoms with van der Waals surface area (Å²) in [6.07, 6.45) is 0. The highest BCUT2D eigenvalue weighted by atomic mass is 35.5. The minimum absolute atomic E-state index is 0.0110. The van der Waals surface area contributed by atoms with E-state index in [2.05, 4.69) is 0 Å². The van der Waals surface area contributed by atoms with Gasteiger partial charge in [0.25, 0.3) is 0 Å². The molecule has 2 aromatic rings. The van der Waals surface area contributed by atoms with Crippen LogP contribution in [0.15, 0.2) is 36.4 Å². The number of carbonyl (C=O) groups excluding carboxylic acids is 1. The van der Waals surface area contributed by atoms with Crippen molar-refractivity contribution < 1.29 is 9.53 Å². The van der Waals surface area contributed by atoms with E-state index in [9.17, 15) is 4.79 Å². The van der Waals surface area contributed by atoms with Crippen LogP contribution in [-0.4, -0.2) is 5.97 Å². The van der Waals surface area contributed by atoms with Gasteiger partial charge in [0.05, 0.1) is 5.02 Å². The Bertz CT molecular complexity index is 639. The summed E-state index contributed by atoms with van der Waals surface area (Å²) in [6.45, 7) is -0.0110. The number of rotatable bonds is 3. The Balaban J connectivity index is 2.15. The lowest BCUT2D eigenvalue weighted by molar-refractivity contribution is 0.0474. The molecule has 0 aromatic heterocycles. The molecule has 0 bridgehead atoms. The quantitative estimate of drug-likeness (QED) is 0.661. The average molecular weight is 331 g/mol. The van der Waals surface area contributed by atoms with Gasteiger partial charge in [0.15, 0.2) is 0 Å². The van der Waals surface area contributed by atoms with Crippen molar-refractivity contribution in [2.24, 2.45) is 0 Å². The molecule has 0 spiro atoms. The minimum Gasteiger partial charge on any atom is -0.457 e. The van der Waals surface area contributed by atoms with E-state index in [1.54, 1.807) is 36.4 Å². The van der Waals surface area contributed by atoms with E-state index in [-0.39, 0.29) is 22.9 Å². The summed E-state index contributed by atoms with van der Waals surface area (Å²) in [7, 11) is 0. The number of hydrogen-bond acceptors (Lipinski definition) is 3. The summed E-state index contributed by atoms with van der Waals surface area (Å²) >= 11 is 17.8. The number of nitrogens with two attached hydrogens (primary N) is 1. The Hall–Kier alpha value is -1.42. The molecule has 0 amide bonds. The molecule has 0 unspecified atom stereocenters. The van der Waals surface area contributed by atoms with Crippen LogP contribution in [0.3, 0.4) is 0 Å². The number of carbonyl (C=O) groups is 1. The van der Waals surface area contributed by atoms with Crippen molar-refractivity contribution in [1.82, 2.24) is 0 Å². The van der Waals surface area contributed by atoms with E-state index in [1.165, 1.54) is 0 Å². The van der Waals surface area contributed by atoms with Crippen LogP contribution in [0.4, 0.5) is 5.69 Å². The predicted octanol–water partition coefficient (Wildman–Crippen LogP) is 4.59. The van der Waals surface area contributed by atoms with E-state index >= 15 is 0 Å². The first-order valence-electron chi connectivity index (χ1n) is 5.64. The number of ether oxygens (including phenoxy) is 1. The summed E-state index contributed by atoms with van der Waals surface area (Å²) in [4.78, 5) is 12.0. The van der Waals surface area contributed by atoms with Gasteiger partial charge < -0.3 is 10.5 Å². The zero-order valence-electron chi connectivity index (χ0n) is 10.2. The number of nitrogen functional groups attached to an aromatic ring is 1. The lowest BCUT2D eigenvalue weighted by Gasteiger charge is -2.09. The summed E-state index contributed by atoms with van der Waals surface area (Å²) in [5.41, 5.74) is 6.73. The second-order valence-electron chi connectivity index (χ2n) is 4.02. The average Bonchev–Trinajstić information content (AvgIpc) is 2.39. The summed E-state index contributed by atoms with van der Waals surface area (Å²) in [5.74, 6) is -0.607. The first kappa shape index (κ1) is 15.0. The van der Waals surface area contributed by atoms with Gasteiger partial charge in [0.2, 0.25) is 0 Å². The molecule has 0 saturated carbocycles. The molecule has 0 fully saturated rings. The fourth-order valence-corrected chi connectivity index (χ4v) is 2.25. The molecule has 6 heteroatoms. The molecule has 20 heavy (non-hydrogen) atoms. The van der Waals surface area contributed by atoms with Gasteiger partial charge in [0, 0.05) is 21.3 Å². The molecule has 3 nitrogen and oxygen atoms in total. The van der Waals surface area contributed by atoms with Crippen molar-refractivity contribution in [1.29, 1.82) is 0 Å². The van der Waals surface area contributed by atoms with Crippen molar-refractivity contribution in [3.05, 3.63) is 62.6 Å². The van der Waals surface area contributed by atoms with Gasteiger partial charge in [-0.15, -0.1) is 0 Å². The Morgan fingerprint density at radius 2 is 1.85 bits per heavy atom. The van der Waals surface area contributed by atoms with Crippen LogP contribution >= 0.6 is 34.8 Å². The van der Waals surface area contributed by atoms with E-state index < -0.39 is 5.97 Å². The molecule has 0 aliphatic heterocycles. The topological polar surface area (TPSA) is 52.3 Å². The van der Waals surface area contributed by atoms with Gasteiger partial charge in [-0.2, -0.15) is 0 Å². The Kier molecular flexibility index (Phi) is 4.76. The monoisotopic (exact) mass is 329 g/mol. The molecule has 104 valence electrons. The second kappa shape index (κ2) is 6.35. The van der Waals surface area contributed by atoms with Crippen LogP contribution in [0, 0.1) is 0 Å². The van der Waals surface area contributed by atoms with Gasteiger partial charge in [-0.05, 0) is 30.3 Å². The molecule has 0 heterocycles. The third-order valence-electron chi connectivity index (χ3n) is 2.62. The largest absolute Gasteiger partial charge is 0.457 e. The van der Waals surface area contributed by atoms with Crippen LogP contribution in [0.2, 0.25) is 15.1 Å². The zero-order chi connectivity index (χ0) is 14.7. The van der Waals surface area contributed by atoms with E-state index in [0.29, 0.717) is 15.6 Å². The SMILES string of the molecule is Nc1cccc(Cl)c1C(=O)OCc1cc(Cl)ccc1Cl. The standard InChI is InChI=1S/C14H10Cl3NO2/c15-9-4-5-10(16)8(6-9)7-20-14(19)13-11(17)2-1-3-12(13)18/h1-6H,7,18H2. The fraction of sp³-hybridized carbons (Fsp3) is 0.0714.